The van der Waals surface area contributed by atoms with Crippen LogP contribution in [-0.2, 0) is 14.3 Å². The number of hydrogen-bond donors (Lipinski definition) is 0. The van der Waals surface area contributed by atoms with E-state index in [-0.39, 0.29) is 36.7 Å². The van der Waals surface area contributed by atoms with E-state index in [9.17, 15) is 18.4 Å². The minimum Gasteiger partial charge on any atom is -0.494 e. The molecule has 7 heteroatoms. The van der Waals surface area contributed by atoms with Gasteiger partial charge < -0.3 is 14.2 Å². The molecule has 0 amide bonds. The molecule has 5 nitrogen and oxygen atoms in total. The van der Waals surface area contributed by atoms with Gasteiger partial charge in [-0.15, -0.1) is 0 Å². The first-order valence-electron chi connectivity index (χ1n) is 10.2. The molecule has 32 heavy (non-hydrogen) atoms. The largest absolute Gasteiger partial charge is 0.494 e. The Balaban J connectivity index is 2.00. The lowest BCUT2D eigenvalue weighted by atomic mass is 9.79. The van der Waals surface area contributed by atoms with E-state index >= 15 is 0 Å². The van der Waals surface area contributed by atoms with Crippen LogP contribution in [0.5, 0.6) is 11.5 Å². The molecular formula is C25H24F2O5. The number of esters is 1. The topological polar surface area (TPSA) is 61.8 Å². The van der Waals surface area contributed by atoms with Crippen molar-refractivity contribution in [3.63, 3.8) is 0 Å². The van der Waals surface area contributed by atoms with Gasteiger partial charge in [-0.3, -0.25) is 9.59 Å². The van der Waals surface area contributed by atoms with Gasteiger partial charge in [0.1, 0.15) is 0 Å². The van der Waals surface area contributed by atoms with Gasteiger partial charge in [-0.25, -0.2) is 8.78 Å². The highest BCUT2D eigenvalue weighted by Crippen LogP contribution is 2.34. The first kappa shape index (κ1) is 23.2. The molecule has 0 N–H and O–H groups in total. The molecule has 0 aromatic heterocycles. The third-order valence-corrected chi connectivity index (χ3v) is 5.17. The van der Waals surface area contributed by atoms with E-state index in [1.807, 2.05) is 0 Å². The second kappa shape index (κ2) is 10.2. The van der Waals surface area contributed by atoms with Crippen molar-refractivity contribution in [3.05, 3.63) is 70.3 Å². The van der Waals surface area contributed by atoms with Gasteiger partial charge >= 0.3 is 5.97 Å². The van der Waals surface area contributed by atoms with E-state index in [1.54, 1.807) is 31.2 Å². The zero-order valence-corrected chi connectivity index (χ0v) is 18.1. The van der Waals surface area contributed by atoms with Gasteiger partial charge in [0.2, 0.25) is 0 Å². The van der Waals surface area contributed by atoms with Crippen molar-refractivity contribution in [2.24, 2.45) is 5.92 Å². The number of hydrogen-bond acceptors (Lipinski definition) is 5. The molecule has 2 aromatic carbocycles. The quantitative estimate of drug-likeness (QED) is 0.466. The number of halogens is 2. The zero-order valence-electron chi connectivity index (χ0n) is 18.1. The van der Waals surface area contributed by atoms with Gasteiger partial charge in [0.15, 0.2) is 28.9 Å². The number of carbonyl (C=O) groups excluding carboxylic acids is 2. The molecule has 2 aromatic rings. The Labute approximate surface area is 185 Å². The number of allylic oxidation sites excluding steroid dienone is 2. The van der Waals surface area contributed by atoms with Gasteiger partial charge in [0.05, 0.1) is 26.7 Å². The van der Waals surface area contributed by atoms with Crippen LogP contribution < -0.4 is 9.47 Å². The highest BCUT2D eigenvalue weighted by molar-refractivity contribution is 6.14. The molecular weight excluding hydrogens is 418 g/mol. The predicted molar refractivity (Wildman–Crippen MR) is 116 cm³/mol. The molecule has 0 spiro atoms. The van der Waals surface area contributed by atoms with Crippen LogP contribution in [-0.4, -0.2) is 32.6 Å². The zero-order chi connectivity index (χ0) is 23.3. The van der Waals surface area contributed by atoms with Crippen molar-refractivity contribution in [1.82, 2.24) is 0 Å². The smallest absolute Gasteiger partial charge is 0.309 e. The summed E-state index contributed by atoms with van der Waals surface area (Å²) >= 11 is 0. The number of ether oxygens (including phenoxy) is 3. The van der Waals surface area contributed by atoms with Crippen LogP contribution in [0, 0.1) is 17.6 Å². The number of benzene rings is 2. The summed E-state index contributed by atoms with van der Waals surface area (Å²) in [4.78, 5) is 25.6. The van der Waals surface area contributed by atoms with E-state index in [2.05, 4.69) is 0 Å². The lowest BCUT2D eigenvalue weighted by molar-refractivity contribution is -0.148. The second-order valence-corrected chi connectivity index (χ2v) is 7.31. The summed E-state index contributed by atoms with van der Waals surface area (Å²) in [6.07, 6.45) is 3.44. The fourth-order valence-corrected chi connectivity index (χ4v) is 3.62. The molecule has 168 valence electrons. The molecule has 1 fully saturated rings. The first-order valence-corrected chi connectivity index (χ1v) is 10.2. The monoisotopic (exact) mass is 442 g/mol. The summed E-state index contributed by atoms with van der Waals surface area (Å²) in [6, 6.07) is 8.70. The summed E-state index contributed by atoms with van der Waals surface area (Å²) in [7, 11) is 2.73. The summed E-state index contributed by atoms with van der Waals surface area (Å²) < 4.78 is 43.2. The normalized spacial score (nSPS) is 18.7. The molecule has 0 bridgehead atoms. The maximum Gasteiger partial charge on any atom is 0.309 e. The Hall–Kier alpha value is -3.48. The fourth-order valence-electron chi connectivity index (χ4n) is 3.62. The standard InChI is InChI=1S/C25H24F2O5/c1-4-32-25(29)19-13-17(9-15-5-7-22(30-2)20(26)11-15)24(28)18(14-19)10-16-6-8-23(31-3)21(27)12-16/h5-12,19H,4,13-14H2,1-3H3/b17-9-,18-10+. The van der Waals surface area contributed by atoms with Gasteiger partial charge in [-0.2, -0.15) is 0 Å². The third kappa shape index (κ3) is 5.22. The molecule has 1 aliphatic carbocycles. The highest BCUT2D eigenvalue weighted by Gasteiger charge is 2.33. The number of Topliss-reactive ketones (excluding diaryl/α,β-unsaturated/α-hetero) is 1. The van der Waals surface area contributed by atoms with Crippen LogP contribution in [0.3, 0.4) is 0 Å². The van der Waals surface area contributed by atoms with Gasteiger partial charge in [0.25, 0.3) is 0 Å². The summed E-state index contributed by atoms with van der Waals surface area (Å²) in [6.45, 7) is 1.93. The third-order valence-electron chi connectivity index (χ3n) is 5.17. The van der Waals surface area contributed by atoms with Crippen molar-refractivity contribution in [2.45, 2.75) is 19.8 Å². The lowest BCUT2D eigenvalue weighted by Gasteiger charge is -2.24. The van der Waals surface area contributed by atoms with Crippen molar-refractivity contribution in [1.29, 1.82) is 0 Å². The van der Waals surface area contributed by atoms with Crippen molar-refractivity contribution < 1.29 is 32.6 Å². The number of methoxy groups -OCH3 is 2. The van der Waals surface area contributed by atoms with Crippen molar-refractivity contribution in [2.75, 3.05) is 20.8 Å². The van der Waals surface area contributed by atoms with Gasteiger partial charge in [0, 0.05) is 11.1 Å². The van der Waals surface area contributed by atoms with Crippen LogP contribution in [0.25, 0.3) is 12.2 Å². The molecule has 1 aliphatic rings. The number of ketones is 1. The molecule has 0 saturated heterocycles. The van der Waals surface area contributed by atoms with E-state index in [4.69, 9.17) is 14.2 Å². The molecule has 3 rings (SSSR count). The SMILES string of the molecule is CCOC(=O)C1C/C(=C/c2ccc(OC)c(F)c2)C(=O)/C(=C/c2ccc(OC)c(F)c2)C1. The average molecular weight is 442 g/mol. The van der Waals surface area contributed by atoms with E-state index in [0.29, 0.717) is 22.3 Å². The molecule has 0 heterocycles. The Morgan fingerprint density at radius 2 is 1.41 bits per heavy atom. The van der Waals surface area contributed by atoms with Crippen LogP contribution in [0.4, 0.5) is 8.78 Å². The Kier molecular flexibility index (Phi) is 7.41. The van der Waals surface area contributed by atoms with Gasteiger partial charge in [-0.1, -0.05) is 12.1 Å². The minimum atomic E-state index is -0.573. The van der Waals surface area contributed by atoms with Crippen LogP contribution in [0.2, 0.25) is 0 Å². The average Bonchev–Trinajstić information content (AvgIpc) is 2.77. The fraction of sp³-hybridized carbons (Fsp3) is 0.280. The summed E-state index contributed by atoms with van der Waals surface area (Å²) in [5.41, 5.74) is 1.62. The molecule has 0 aliphatic heterocycles. The molecule has 1 unspecified atom stereocenters. The molecule has 1 saturated carbocycles. The summed E-state index contributed by atoms with van der Waals surface area (Å²) in [5, 5.41) is 0. The van der Waals surface area contributed by atoms with E-state index in [1.165, 1.54) is 38.5 Å². The molecule has 1 atom stereocenters. The van der Waals surface area contributed by atoms with Crippen molar-refractivity contribution in [3.8, 4) is 11.5 Å². The Morgan fingerprint density at radius 3 is 1.78 bits per heavy atom. The van der Waals surface area contributed by atoms with Gasteiger partial charge in [-0.05, 0) is 67.3 Å². The minimum absolute atomic E-state index is 0.0913. The second-order valence-electron chi connectivity index (χ2n) is 7.31. The maximum absolute atomic E-state index is 14.1. The predicted octanol–water partition coefficient (Wildman–Crippen LogP) is 4.99. The van der Waals surface area contributed by atoms with E-state index in [0.717, 1.165) is 0 Å². The maximum atomic E-state index is 14.1. The highest BCUT2D eigenvalue weighted by atomic mass is 19.1. The van der Waals surface area contributed by atoms with E-state index < -0.39 is 23.5 Å². The Morgan fingerprint density at radius 1 is 0.938 bits per heavy atom. The number of rotatable bonds is 6. The first-order chi connectivity index (χ1) is 15.4. The van der Waals surface area contributed by atoms with Crippen molar-refractivity contribution >= 4 is 23.9 Å². The summed E-state index contributed by atoms with van der Waals surface area (Å²) in [5.74, 6) is -2.21. The number of carbonyl (C=O) groups is 2. The van der Waals surface area contributed by atoms with Crippen LogP contribution in [0.1, 0.15) is 30.9 Å². The lowest BCUT2D eigenvalue weighted by Crippen LogP contribution is -2.27. The van der Waals surface area contributed by atoms with Crippen LogP contribution >= 0.6 is 0 Å². The Bertz CT molecular complexity index is 1010. The van der Waals surface area contributed by atoms with Crippen LogP contribution in [0.15, 0.2) is 47.5 Å². The molecule has 0 radical (unpaired) electrons.